The highest BCUT2D eigenvalue weighted by molar-refractivity contribution is 5.91. The van der Waals surface area contributed by atoms with E-state index in [1.165, 1.54) is 32.1 Å². The molecule has 1 aromatic heterocycles. The van der Waals surface area contributed by atoms with Crippen molar-refractivity contribution < 1.29 is 9.21 Å². The number of carbonyl (C=O) groups is 1. The van der Waals surface area contributed by atoms with E-state index in [-0.39, 0.29) is 5.91 Å². The molecule has 2 heterocycles. The minimum atomic E-state index is 0.0685. The second-order valence-electron chi connectivity index (χ2n) is 5.32. The Kier molecular flexibility index (Phi) is 2.91. The number of nitrogens with zero attached hydrogens (tertiary/aromatic N) is 1. The van der Waals surface area contributed by atoms with E-state index >= 15 is 0 Å². The normalized spacial score (nSPS) is 28.8. The van der Waals surface area contributed by atoms with Gasteiger partial charge in [-0.1, -0.05) is 19.3 Å². The zero-order valence-electron chi connectivity index (χ0n) is 10.1. The Morgan fingerprint density at radius 1 is 1.24 bits per heavy atom. The van der Waals surface area contributed by atoms with Gasteiger partial charge in [0, 0.05) is 13.1 Å². The lowest BCUT2D eigenvalue weighted by molar-refractivity contribution is 0.0492. The number of hydrogen-bond acceptors (Lipinski definition) is 2. The number of piperidine rings is 1. The van der Waals surface area contributed by atoms with Gasteiger partial charge in [0.15, 0.2) is 5.76 Å². The molecule has 0 radical (unpaired) electrons. The van der Waals surface area contributed by atoms with Gasteiger partial charge >= 0.3 is 0 Å². The fourth-order valence-corrected chi connectivity index (χ4v) is 3.34. The van der Waals surface area contributed by atoms with Crippen LogP contribution in [0.2, 0.25) is 0 Å². The quantitative estimate of drug-likeness (QED) is 0.747. The predicted molar refractivity (Wildman–Crippen MR) is 64.7 cm³/mol. The SMILES string of the molecule is O=C(c1ccco1)N1CCC2CCCCC2C1. The third-order valence-electron chi connectivity index (χ3n) is 4.31. The van der Waals surface area contributed by atoms with Crippen molar-refractivity contribution in [3.8, 4) is 0 Å². The molecule has 0 N–H and O–H groups in total. The summed E-state index contributed by atoms with van der Waals surface area (Å²) >= 11 is 0. The molecule has 2 atom stereocenters. The first-order valence-corrected chi connectivity index (χ1v) is 6.67. The average molecular weight is 233 g/mol. The molecule has 1 aliphatic heterocycles. The summed E-state index contributed by atoms with van der Waals surface area (Å²) in [5.74, 6) is 2.15. The van der Waals surface area contributed by atoms with E-state index in [0.29, 0.717) is 5.76 Å². The van der Waals surface area contributed by atoms with Crippen LogP contribution in [-0.4, -0.2) is 23.9 Å². The highest BCUT2D eigenvalue weighted by Gasteiger charge is 2.33. The molecule has 0 aromatic carbocycles. The number of furan rings is 1. The monoisotopic (exact) mass is 233 g/mol. The Morgan fingerprint density at radius 2 is 2.06 bits per heavy atom. The summed E-state index contributed by atoms with van der Waals surface area (Å²) in [5, 5.41) is 0. The molecule has 3 heteroatoms. The fraction of sp³-hybridized carbons (Fsp3) is 0.643. The second kappa shape index (κ2) is 4.55. The van der Waals surface area contributed by atoms with Crippen molar-refractivity contribution in [2.45, 2.75) is 32.1 Å². The Hall–Kier alpha value is -1.25. The molecule has 2 unspecified atom stereocenters. The molecule has 0 bridgehead atoms. The summed E-state index contributed by atoms with van der Waals surface area (Å²) in [6.07, 6.45) is 8.13. The van der Waals surface area contributed by atoms with E-state index in [1.807, 2.05) is 4.90 Å². The van der Waals surface area contributed by atoms with Gasteiger partial charge in [-0.3, -0.25) is 4.79 Å². The van der Waals surface area contributed by atoms with Gasteiger partial charge in [-0.25, -0.2) is 0 Å². The van der Waals surface area contributed by atoms with Crippen LogP contribution in [-0.2, 0) is 0 Å². The number of hydrogen-bond donors (Lipinski definition) is 0. The summed E-state index contributed by atoms with van der Waals surface area (Å²) in [6, 6.07) is 3.54. The van der Waals surface area contributed by atoms with Gasteiger partial charge < -0.3 is 9.32 Å². The molecular weight excluding hydrogens is 214 g/mol. The first-order valence-electron chi connectivity index (χ1n) is 6.67. The van der Waals surface area contributed by atoms with Gasteiger partial charge in [-0.15, -0.1) is 0 Å². The number of amides is 1. The lowest BCUT2D eigenvalue weighted by atomic mass is 9.75. The van der Waals surface area contributed by atoms with Crippen LogP contribution in [0.15, 0.2) is 22.8 Å². The topological polar surface area (TPSA) is 33.5 Å². The van der Waals surface area contributed by atoms with Crippen LogP contribution in [0.5, 0.6) is 0 Å². The molecule has 3 rings (SSSR count). The van der Waals surface area contributed by atoms with Gasteiger partial charge in [-0.05, 0) is 36.8 Å². The van der Waals surface area contributed by atoms with E-state index in [2.05, 4.69) is 0 Å². The fourth-order valence-electron chi connectivity index (χ4n) is 3.34. The number of rotatable bonds is 1. The van der Waals surface area contributed by atoms with Crippen molar-refractivity contribution in [2.24, 2.45) is 11.8 Å². The molecule has 92 valence electrons. The molecule has 1 saturated heterocycles. The average Bonchev–Trinajstić information content (AvgIpc) is 2.91. The highest BCUT2D eigenvalue weighted by Crippen LogP contribution is 2.36. The highest BCUT2D eigenvalue weighted by atomic mass is 16.3. The summed E-state index contributed by atoms with van der Waals surface area (Å²) < 4.78 is 5.19. The Morgan fingerprint density at radius 3 is 2.82 bits per heavy atom. The van der Waals surface area contributed by atoms with Crippen LogP contribution in [0.3, 0.4) is 0 Å². The van der Waals surface area contributed by atoms with Crippen molar-refractivity contribution in [3.63, 3.8) is 0 Å². The van der Waals surface area contributed by atoms with Crippen LogP contribution in [0.4, 0.5) is 0 Å². The minimum Gasteiger partial charge on any atom is -0.459 e. The number of fused-ring (bicyclic) bond motifs is 1. The van der Waals surface area contributed by atoms with E-state index in [0.717, 1.165) is 24.9 Å². The molecule has 0 spiro atoms. The first-order chi connectivity index (χ1) is 8.34. The first kappa shape index (κ1) is 10.9. The maximum atomic E-state index is 12.2. The molecule has 1 aliphatic carbocycles. The Labute approximate surface area is 102 Å². The van der Waals surface area contributed by atoms with Crippen molar-refractivity contribution in [1.82, 2.24) is 4.90 Å². The largest absolute Gasteiger partial charge is 0.459 e. The minimum absolute atomic E-state index is 0.0685. The van der Waals surface area contributed by atoms with E-state index < -0.39 is 0 Å². The Bertz CT molecular complexity index is 385. The van der Waals surface area contributed by atoms with Crippen molar-refractivity contribution >= 4 is 5.91 Å². The molecule has 1 amide bonds. The number of likely N-dealkylation sites (tertiary alicyclic amines) is 1. The maximum absolute atomic E-state index is 12.2. The van der Waals surface area contributed by atoms with E-state index in [9.17, 15) is 4.79 Å². The van der Waals surface area contributed by atoms with Gasteiger partial charge in [0.2, 0.25) is 0 Å². The Balaban J connectivity index is 1.67. The lowest BCUT2D eigenvalue weighted by Gasteiger charge is -2.41. The second-order valence-corrected chi connectivity index (χ2v) is 5.32. The van der Waals surface area contributed by atoms with Gasteiger partial charge in [0.1, 0.15) is 0 Å². The summed E-state index contributed by atoms with van der Waals surface area (Å²) in [5.41, 5.74) is 0. The van der Waals surface area contributed by atoms with Gasteiger partial charge in [-0.2, -0.15) is 0 Å². The van der Waals surface area contributed by atoms with Crippen molar-refractivity contribution in [1.29, 1.82) is 0 Å². The van der Waals surface area contributed by atoms with Crippen LogP contribution < -0.4 is 0 Å². The van der Waals surface area contributed by atoms with Crippen LogP contribution in [0.25, 0.3) is 0 Å². The molecule has 2 aliphatic rings. The molecule has 17 heavy (non-hydrogen) atoms. The zero-order valence-corrected chi connectivity index (χ0v) is 10.1. The summed E-state index contributed by atoms with van der Waals surface area (Å²) in [6.45, 7) is 1.84. The van der Waals surface area contributed by atoms with Crippen LogP contribution in [0, 0.1) is 11.8 Å². The third kappa shape index (κ3) is 2.11. The van der Waals surface area contributed by atoms with Crippen molar-refractivity contribution in [2.75, 3.05) is 13.1 Å². The molecule has 2 fully saturated rings. The zero-order chi connectivity index (χ0) is 11.7. The molecule has 1 aromatic rings. The van der Waals surface area contributed by atoms with Crippen molar-refractivity contribution in [3.05, 3.63) is 24.2 Å². The molecule has 3 nitrogen and oxygen atoms in total. The third-order valence-corrected chi connectivity index (χ3v) is 4.31. The van der Waals surface area contributed by atoms with Gasteiger partial charge in [0.05, 0.1) is 6.26 Å². The summed E-state index contributed by atoms with van der Waals surface area (Å²) in [4.78, 5) is 14.1. The summed E-state index contributed by atoms with van der Waals surface area (Å²) in [7, 11) is 0. The number of carbonyl (C=O) groups excluding carboxylic acids is 1. The molecule has 1 saturated carbocycles. The van der Waals surface area contributed by atoms with E-state index in [1.54, 1.807) is 18.4 Å². The van der Waals surface area contributed by atoms with Crippen LogP contribution >= 0.6 is 0 Å². The molecular formula is C14H19NO2. The van der Waals surface area contributed by atoms with Crippen LogP contribution in [0.1, 0.15) is 42.7 Å². The standard InChI is InChI=1S/C14H19NO2/c16-14(13-6-3-9-17-13)15-8-7-11-4-1-2-5-12(11)10-15/h3,6,9,11-12H,1-2,4-5,7-8,10H2. The van der Waals surface area contributed by atoms with E-state index in [4.69, 9.17) is 4.42 Å². The maximum Gasteiger partial charge on any atom is 0.289 e. The van der Waals surface area contributed by atoms with Gasteiger partial charge in [0.25, 0.3) is 5.91 Å². The predicted octanol–water partition coefficient (Wildman–Crippen LogP) is 2.93. The smallest absolute Gasteiger partial charge is 0.289 e. The lowest BCUT2D eigenvalue weighted by Crippen LogP contribution is -2.44.